The van der Waals surface area contributed by atoms with Crippen molar-refractivity contribution >= 4 is 5.96 Å². The molecular formula is C17H37N5. The van der Waals surface area contributed by atoms with Gasteiger partial charge in [-0.2, -0.15) is 0 Å². The highest BCUT2D eigenvalue weighted by Gasteiger charge is 2.19. The zero-order chi connectivity index (χ0) is 16.4. The van der Waals surface area contributed by atoms with Crippen molar-refractivity contribution in [1.82, 2.24) is 20.4 Å². The van der Waals surface area contributed by atoms with Crippen LogP contribution in [-0.4, -0.2) is 74.2 Å². The molecule has 1 saturated heterocycles. The average Bonchev–Trinajstić information content (AvgIpc) is 2.52. The van der Waals surface area contributed by atoms with Crippen LogP contribution < -0.4 is 10.6 Å². The van der Waals surface area contributed by atoms with Crippen LogP contribution >= 0.6 is 0 Å². The van der Waals surface area contributed by atoms with Crippen LogP contribution in [0.15, 0.2) is 4.99 Å². The predicted molar refractivity (Wildman–Crippen MR) is 96.6 cm³/mol. The van der Waals surface area contributed by atoms with Gasteiger partial charge in [0.15, 0.2) is 5.96 Å². The highest BCUT2D eigenvalue weighted by atomic mass is 15.3. The molecule has 22 heavy (non-hydrogen) atoms. The first kappa shape index (κ1) is 19.2. The van der Waals surface area contributed by atoms with E-state index in [1.54, 1.807) is 0 Å². The fraction of sp³-hybridized carbons (Fsp3) is 0.941. The molecule has 1 aliphatic rings. The molecule has 5 heteroatoms. The molecule has 0 aromatic heterocycles. The van der Waals surface area contributed by atoms with Gasteiger partial charge in [-0.05, 0) is 32.7 Å². The number of guanidine groups is 1. The maximum atomic E-state index is 4.76. The Morgan fingerprint density at radius 3 is 2.27 bits per heavy atom. The van der Waals surface area contributed by atoms with E-state index in [9.17, 15) is 0 Å². The van der Waals surface area contributed by atoms with Crippen molar-refractivity contribution in [2.45, 2.75) is 47.1 Å². The molecule has 0 radical (unpaired) electrons. The zero-order valence-electron chi connectivity index (χ0n) is 15.4. The van der Waals surface area contributed by atoms with Crippen molar-refractivity contribution in [2.24, 2.45) is 10.9 Å². The lowest BCUT2D eigenvalue weighted by Gasteiger charge is -2.37. The number of rotatable bonds is 8. The predicted octanol–water partition coefficient (Wildman–Crippen LogP) is 1.61. The third-order valence-electron chi connectivity index (χ3n) is 4.35. The van der Waals surface area contributed by atoms with E-state index in [0.717, 1.165) is 31.5 Å². The molecule has 0 spiro atoms. The Morgan fingerprint density at radius 2 is 1.73 bits per heavy atom. The molecule has 0 aromatic rings. The minimum absolute atomic E-state index is 0.513. The van der Waals surface area contributed by atoms with Gasteiger partial charge in [-0.25, -0.2) is 0 Å². The Balaban J connectivity index is 2.37. The van der Waals surface area contributed by atoms with Crippen LogP contribution in [0.1, 0.15) is 41.0 Å². The van der Waals surface area contributed by atoms with E-state index >= 15 is 0 Å². The van der Waals surface area contributed by atoms with E-state index in [1.807, 2.05) is 0 Å². The van der Waals surface area contributed by atoms with Gasteiger partial charge in [-0.1, -0.05) is 20.8 Å². The van der Waals surface area contributed by atoms with E-state index in [-0.39, 0.29) is 0 Å². The summed E-state index contributed by atoms with van der Waals surface area (Å²) >= 11 is 0. The first-order chi connectivity index (χ1) is 10.6. The van der Waals surface area contributed by atoms with Crippen molar-refractivity contribution in [3.63, 3.8) is 0 Å². The Bertz CT molecular complexity index is 308. The minimum atomic E-state index is 0.513. The monoisotopic (exact) mass is 311 g/mol. The lowest BCUT2D eigenvalue weighted by Crippen LogP contribution is -2.50. The Labute approximate surface area is 137 Å². The third-order valence-corrected chi connectivity index (χ3v) is 4.35. The Hall–Kier alpha value is -0.810. The molecule has 5 nitrogen and oxygen atoms in total. The molecule has 1 aliphatic heterocycles. The number of hydrogen-bond donors (Lipinski definition) is 2. The van der Waals surface area contributed by atoms with Gasteiger partial charge in [0.1, 0.15) is 0 Å². The summed E-state index contributed by atoms with van der Waals surface area (Å²) in [7, 11) is 0. The topological polar surface area (TPSA) is 42.9 Å². The summed E-state index contributed by atoms with van der Waals surface area (Å²) in [6.07, 6.45) is 1.18. The first-order valence-corrected chi connectivity index (χ1v) is 9.05. The van der Waals surface area contributed by atoms with Crippen LogP contribution in [0.25, 0.3) is 0 Å². The summed E-state index contributed by atoms with van der Waals surface area (Å²) in [5, 5.41) is 6.78. The van der Waals surface area contributed by atoms with E-state index < -0.39 is 0 Å². The molecule has 1 rings (SSSR count). The largest absolute Gasteiger partial charge is 0.357 e. The summed E-state index contributed by atoms with van der Waals surface area (Å²) in [6, 6.07) is 0.513. The summed E-state index contributed by atoms with van der Waals surface area (Å²) in [5.41, 5.74) is 0. The van der Waals surface area contributed by atoms with Crippen molar-refractivity contribution < 1.29 is 0 Å². The van der Waals surface area contributed by atoms with Crippen LogP contribution in [0.3, 0.4) is 0 Å². The zero-order valence-corrected chi connectivity index (χ0v) is 15.4. The molecule has 0 bridgehead atoms. The molecular weight excluding hydrogens is 274 g/mol. The summed E-state index contributed by atoms with van der Waals surface area (Å²) in [5.74, 6) is 1.69. The van der Waals surface area contributed by atoms with Crippen LogP contribution in [0.4, 0.5) is 0 Å². The molecule has 0 saturated carbocycles. The molecule has 0 amide bonds. The van der Waals surface area contributed by atoms with E-state index in [2.05, 4.69) is 55.1 Å². The summed E-state index contributed by atoms with van der Waals surface area (Å²) in [6.45, 7) is 19.8. The number of piperazine rings is 1. The highest BCUT2D eigenvalue weighted by molar-refractivity contribution is 5.79. The van der Waals surface area contributed by atoms with E-state index in [0.29, 0.717) is 6.04 Å². The van der Waals surface area contributed by atoms with Crippen molar-refractivity contribution in [1.29, 1.82) is 0 Å². The summed E-state index contributed by atoms with van der Waals surface area (Å²) in [4.78, 5) is 9.84. The molecule has 130 valence electrons. The smallest absolute Gasteiger partial charge is 0.191 e. The Kier molecular flexibility index (Phi) is 9.48. The van der Waals surface area contributed by atoms with Gasteiger partial charge in [0.05, 0.1) is 6.54 Å². The van der Waals surface area contributed by atoms with Crippen LogP contribution in [0.2, 0.25) is 0 Å². The molecule has 1 atom stereocenters. The number of hydrogen-bond acceptors (Lipinski definition) is 3. The number of aliphatic imine (C=N–C) groups is 1. The SMILES string of the molecule is CCNC(=NCC(C)N1CCN(CC)CC1)NCCC(C)C. The van der Waals surface area contributed by atoms with Gasteiger partial charge < -0.3 is 15.5 Å². The molecule has 1 unspecified atom stereocenters. The van der Waals surface area contributed by atoms with Crippen LogP contribution in [0.5, 0.6) is 0 Å². The highest BCUT2D eigenvalue weighted by Crippen LogP contribution is 2.06. The molecule has 0 aliphatic carbocycles. The lowest BCUT2D eigenvalue weighted by atomic mass is 10.1. The minimum Gasteiger partial charge on any atom is -0.357 e. The number of nitrogens with zero attached hydrogens (tertiary/aromatic N) is 3. The number of likely N-dealkylation sites (N-methyl/N-ethyl adjacent to an activating group) is 1. The quantitative estimate of drug-likeness (QED) is 0.528. The second-order valence-corrected chi connectivity index (χ2v) is 6.65. The van der Waals surface area contributed by atoms with Crippen molar-refractivity contribution in [3.8, 4) is 0 Å². The lowest BCUT2D eigenvalue weighted by molar-refractivity contribution is 0.109. The first-order valence-electron chi connectivity index (χ1n) is 9.05. The van der Waals surface area contributed by atoms with Crippen molar-refractivity contribution in [3.05, 3.63) is 0 Å². The van der Waals surface area contributed by atoms with Gasteiger partial charge in [-0.3, -0.25) is 9.89 Å². The molecule has 1 fully saturated rings. The average molecular weight is 312 g/mol. The maximum Gasteiger partial charge on any atom is 0.191 e. The molecule has 0 aromatic carbocycles. The standard InChI is InChI=1S/C17H37N5/c1-6-18-17(19-9-8-15(3)4)20-14-16(5)22-12-10-21(7-2)11-13-22/h15-16H,6-14H2,1-5H3,(H2,18,19,20). The van der Waals surface area contributed by atoms with Crippen LogP contribution in [0, 0.1) is 5.92 Å². The van der Waals surface area contributed by atoms with Gasteiger partial charge >= 0.3 is 0 Å². The van der Waals surface area contributed by atoms with Crippen molar-refractivity contribution in [2.75, 3.05) is 52.4 Å². The maximum absolute atomic E-state index is 4.76. The fourth-order valence-electron chi connectivity index (χ4n) is 2.68. The fourth-order valence-corrected chi connectivity index (χ4v) is 2.68. The normalized spacial score (nSPS) is 19.5. The van der Waals surface area contributed by atoms with Crippen LogP contribution in [-0.2, 0) is 0 Å². The van der Waals surface area contributed by atoms with Gasteiger partial charge in [0.25, 0.3) is 0 Å². The van der Waals surface area contributed by atoms with E-state index in [1.165, 1.54) is 39.1 Å². The Morgan fingerprint density at radius 1 is 1.05 bits per heavy atom. The third kappa shape index (κ3) is 7.45. The van der Waals surface area contributed by atoms with Gasteiger partial charge in [0.2, 0.25) is 0 Å². The number of nitrogens with one attached hydrogen (secondary N) is 2. The second-order valence-electron chi connectivity index (χ2n) is 6.65. The molecule has 1 heterocycles. The van der Waals surface area contributed by atoms with Gasteiger partial charge in [-0.15, -0.1) is 0 Å². The van der Waals surface area contributed by atoms with E-state index in [4.69, 9.17) is 4.99 Å². The summed E-state index contributed by atoms with van der Waals surface area (Å²) < 4.78 is 0. The van der Waals surface area contributed by atoms with Gasteiger partial charge in [0, 0.05) is 45.3 Å². The second kappa shape index (κ2) is 10.8. The molecule has 2 N–H and O–H groups in total.